The lowest BCUT2D eigenvalue weighted by atomic mass is 9.81. The van der Waals surface area contributed by atoms with E-state index in [-0.39, 0.29) is 24.6 Å². The molecule has 0 aliphatic carbocycles. The lowest BCUT2D eigenvalue weighted by Crippen LogP contribution is -2.52. The Kier molecular flexibility index (Phi) is 7.47. The molecular formula is C21H28ClNO3. The SMILES string of the molecule is CC(C)Oc1ccccc1C[C@](O)(c1ccccc1)[C@H]1CNCCO1.Cl. The van der Waals surface area contributed by atoms with Gasteiger partial charge in [-0.05, 0) is 31.0 Å². The molecule has 1 aliphatic rings. The quantitative estimate of drug-likeness (QED) is 0.810. The number of para-hydroxylation sites is 1. The molecule has 0 unspecified atom stereocenters. The Morgan fingerprint density at radius 2 is 1.85 bits per heavy atom. The van der Waals surface area contributed by atoms with Gasteiger partial charge in [-0.2, -0.15) is 0 Å². The Labute approximate surface area is 161 Å². The summed E-state index contributed by atoms with van der Waals surface area (Å²) in [6, 6.07) is 17.7. The number of morpholine rings is 1. The minimum Gasteiger partial charge on any atom is -0.491 e. The number of aliphatic hydroxyl groups is 1. The molecule has 0 aromatic heterocycles. The highest BCUT2D eigenvalue weighted by Gasteiger charge is 2.41. The largest absolute Gasteiger partial charge is 0.491 e. The highest BCUT2D eigenvalue weighted by atomic mass is 35.5. The Morgan fingerprint density at radius 3 is 2.50 bits per heavy atom. The van der Waals surface area contributed by atoms with Crippen molar-refractivity contribution in [2.75, 3.05) is 19.7 Å². The zero-order chi connectivity index (χ0) is 17.7. The van der Waals surface area contributed by atoms with Crippen LogP contribution in [0.3, 0.4) is 0 Å². The number of rotatable bonds is 6. The van der Waals surface area contributed by atoms with Crippen molar-refractivity contribution in [3.63, 3.8) is 0 Å². The normalized spacial score (nSPS) is 19.5. The summed E-state index contributed by atoms with van der Waals surface area (Å²) < 4.78 is 11.9. The van der Waals surface area contributed by atoms with E-state index < -0.39 is 5.60 Å². The van der Waals surface area contributed by atoms with E-state index in [9.17, 15) is 5.11 Å². The molecule has 2 atom stereocenters. The van der Waals surface area contributed by atoms with Gasteiger partial charge in [0, 0.05) is 19.5 Å². The molecule has 0 spiro atoms. The average molecular weight is 378 g/mol. The second-order valence-electron chi connectivity index (χ2n) is 6.80. The standard InChI is InChI=1S/C21H27NO3.ClH/c1-16(2)25-19-11-7-6-8-17(19)14-21(23,18-9-4-3-5-10-18)20-15-22-12-13-24-20;/h3-11,16,20,22-23H,12-15H2,1-2H3;1H/t20-,21+;/m1./s1. The summed E-state index contributed by atoms with van der Waals surface area (Å²) in [6.45, 7) is 6.06. The molecule has 0 radical (unpaired) electrons. The molecule has 1 heterocycles. The lowest BCUT2D eigenvalue weighted by molar-refractivity contribution is -0.124. The van der Waals surface area contributed by atoms with Crippen molar-refractivity contribution in [2.24, 2.45) is 0 Å². The maximum Gasteiger partial charge on any atom is 0.122 e. The molecule has 1 saturated heterocycles. The molecule has 0 amide bonds. The first kappa shape index (κ1) is 20.7. The first-order valence-corrected chi connectivity index (χ1v) is 8.94. The first-order chi connectivity index (χ1) is 12.1. The molecule has 1 fully saturated rings. The summed E-state index contributed by atoms with van der Waals surface area (Å²) in [6.07, 6.45) is 0.209. The molecule has 26 heavy (non-hydrogen) atoms. The van der Waals surface area contributed by atoms with Crippen LogP contribution in [0.5, 0.6) is 5.75 Å². The number of halogens is 1. The zero-order valence-electron chi connectivity index (χ0n) is 15.4. The Morgan fingerprint density at radius 1 is 1.15 bits per heavy atom. The Balaban J connectivity index is 0.00000243. The van der Waals surface area contributed by atoms with Gasteiger partial charge in [0.1, 0.15) is 17.5 Å². The fourth-order valence-corrected chi connectivity index (χ4v) is 3.31. The highest BCUT2D eigenvalue weighted by molar-refractivity contribution is 5.85. The van der Waals surface area contributed by atoms with Gasteiger partial charge >= 0.3 is 0 Å². The molecule has 1 aliphatic heterocycles. The predicted molar refractivity (Wildman–Crippen MR) is 106 cm³/mol. The second-order valence-corrected chi connectivity index (χ2v) is 6.80. The number of nitrogens with one attached hydrogen (secondary N) is 1. The van der Waals surface area contributed by atoms with E-state index in [1.165, 1.54) is 0 Å². The molecule has 2 aromatic rings. The van der Waals surface area contributed by atoms with Crippen LogP contribution in [0.4, 0.5) is 0 Å². The molecular weight excluding hydrogens is 350 g/mol. The van der Waals surface area contributed by atoms with Crippen LogP contribution in [-0.4, -0.2) is 37.0 Å². The molecule has 142 valence electrons. The van der Waals surface area contributed by atoms with Crippen LogP contribution in [0.1, 0.15) is 25.0 Å². The number of ether oxygens (including phenoxy) is 2. The fourth-order valence-electron chi connectivity index (χ4n) is 3.31. The summed E-state index contributed by atoms with van der Waals surface area (Å²) in [7, 11) is 0. The van der Waals surface area contributed by atoms with E-state index in [0.29, 0.717) is 19.6 Å². The summed E-state index contributed by atoms with van der Waals surface area (Å²) in [5.41, 5.74) is 0.727. The van der Waals surface area contributed by atoms with Crippen molar-refractivity contribution in [2.45, 2.75) is 38.1 Å². The van der Waals surface area contributed by atoms with Gasteiger partial charge in [-0.3, -0.25) is 0 Å². The third-order valence-corrected chi connectivity index (χ3v) is 4.53. The van der Waals surface area contributed by atoms with E-state index in [1.54, 1.807) is 0 Å². The van der Waals surface area contributed by atoms with Gasteiger partial charge in [-0.15, -0.1) is 12.4 Å². The van der Waals surface area contributed by atoms with Gasteiger partial charge in [-0.1, -0.05) is 48.5 Å². The molecule has 3 rings (SSSR count). The van der Waals surface area contributed by atoms with Gasteiger partial charge in [0.05, 0.1) is 12.7 Å². The zero-order valence-corrected chi connectivity index (χ0v) is 16.2. The predicted octanol–water partition coefficient (Wildman–Crippen LogP) is 3.31. The third kappa shape index (κ3) is 4.77. The fraction of sp³-hybridized carbons (Fsp3) is 0.429. The van der Waals surface area contributed by atoms with E-state index in [4.69, 9.17) is 9.47 Å². The molecule has 0 bridgehead atoms. The lowest BCUT2D eigenvalue weighted by Gasteiger charge is -2.39. The molecule has 2 aromatic carbocycles. The summed E-state index contributed by atoms with van der Waals surface area (Å²) >= 11 is 0. The maximum absolute atomic E-state index is 11.7. The van der Waals surface area contributed by atoms with E-state index in [2.05, 4.69) is 5.32 Å². The van der Waals surface area contributed by atoms with E-state index in [1.807, 2.05) is 68.4 Å². The molecule has 4 nitrogen and oxygen atoms in total. The molecule has 5 heteroatoms. The smallest absolute Gasteiger partial charge is 0.122 e. The van der Waals surface area contributed by atoms with Crippen molar-refractivity contribution in [3.05, 3.63) is 65.7 Å². The van der Waals surface area contributed by atoms with Crippen LogP contribution in [0.25, 0.3) is 0 Å². The number of hydrogen-bond donors (Lipinski definition) is 2. The highest BCUT2D eigenvalue weighted by Crippen LogP contribution is 2.35. The molecule has 0 saturated carbocycles. The van der Waals surface area contributed by atoms with Gasteiger partial charge in [-0.25, -0.2) is 0 Å². The van der Waals surface area contributed by atoms with Gasteiger partial charge < -0.3 is 19.9 Å². The minimum atomic E-state index is -1.12. The van der Waals surface area contributed by atoms with Crippen molar-refractivity contribution in [1.82, 2.24) is 5.32 Å². The average Bonchev–Trinajstić information content (AvgIpc) is 2.64. The van der Waals surface area contributed by atoms with E-state index >= 15 is 0 Å². The van der Waals surface area contributed by atoms with Gasteiger partial charge in [0.2, 0.25) is 0 Å². The summed E-state index contributed by atoms with van der Waals surface area (Å²) in [5.74, 6) is 0.815. The van der Waals surface area contributed by atoms with Crippen LogP contribution in [0, 0.1) is 0 Å². The first-order valence-electron chi connectivity index (χ1n) is 8.94. The monoisotopic (exact) mass is 377 g/mol. The van der Waals surface area contributed by atoms with E-state index in [0.717, 1.165) is 23.4 Å². The van der Waals surface area contributed by atoms with Crippen molar-refractivity contribution in [3.8, 4) is 5.75 Å². The maximum atomic E-state index is 11.7. The van der Waals surface area contributed by atoms with Gasteiger partial charge in [0.15, 0.2) is 0 Å². The topological polar surface area (TPSA) is 50.7 Å². The van der Waals surface area contributed by atoms with Crippen LogP contribution in [0.15, 0.2) is 54.6 Å². The van der Waals surface area contributed by atoms with Crippen molar-refractivity contribution < 1.29 is 14.6 Å². The minimum absolute atomic E-state index is 0. The Bertz CT molecular complexity index is 674. The van der Waals surface area contributed by atoms with Crippen LogP contribution >= 0.6 is 12.4 Å². The Hall–Kier alpha value is -1.59. The third-order valence-electron chi connectivity index (χ3n) is 4.53. The van der Waals surface area contributed by atoms with Gasteiger partial charge in [0.25, 0.3) is 0 Å². The second kappa shape index (κ2) is 9.38. The number of hydrogen-bond acceptors (Lipinski definition) is 4. The van der Waals surface area contributed by atoms with Crippen LogP contribution in [-0.2, 0) is 16.8 Å². The number of benzene rings is 2. The molecule has 2 N–H and O–H groups in total. The van der Waals surface area contributed by atoms with Crippen molar-refractivity contribution in [1.29, 1.82) is 0 Å². The van der Waals surface area contributed by atoms with Crippen molar-refractivity contribution >= 4 is 12.4 Å². The van der Waals surface area contributed by atoms with Crippen LogP contribution < -0.4 is 10.1 Å². The van der Waals surface area contributed by atoms with Crippen LogP contribution in [0.2, 0.25) is 0 Å². The summed E-state index contributed by atoms with van der Waals surface area (Å²) in [5, 5.41) is 15.0. The summed E-state index contributed by atoms with van der Waals surface area (Å²) in [4.78, 5) is 0.